The van der Waals surface area contributed by atoms with Crippen LogP contribution >= 0.6 is 0 Å². The number of aromatic nitrogens is 1. The molecule has 2 N–H and O–H groups in total. The molecule has 1 heterocycles. The van der Waals surface area contributed by atoms with Gasteiger partial charge in [-0.15, -0.1) is 0 Å². The fraction of sp³-hybridized carbons (Fsp3) is 0.231. The van der Waals surface area contributed by atoms with Crippen LogP contribution in [0.25, 0.3) is 10.9 Å². The number of pyridine rings is 1. The topological polar surface area (TPSA) is 79.7 Å². The minimum absolute atomic E-state index is 0.129. The van der Waals surface area contributed by atoms with Gasteiger partial charge in [-0.3, -0.25) is 0 Å². The monoisotopic (exact) mass is 247 g/mol. The Morgan fingerprint density at radius 3 is 2.72 bits per heavy atom. The van der Waals surface area contributed by atoms with E-state index in [1.165, 1.54) is 7.11 Å². The van der Waals surface area contributed by atoms with E-state index in [4.69, 9.17) is 4.74 Å². The molecule has 18 heavy (non-hydrogen) atoms. The van der Waals surface area contributed by atoms with E-state index in [9.17, 15) is 15.0 Å². The lowest BCUT2D eigenvalue weighted by Crippen LogP contribution is -2.03. The molecule has 1 aromatic carbocycles. The zero-order valence-electron chi connectivity index (χ0n) is 10.1. The van der Waals surface area contributed by atoms with Crippen molar-refractivity contribution in [3.63, 3.8) is 0 Å². The molecule has 2 aromatic rings. The van der Waals surface area contributed by atoms with Crippen LogP contribution in [0.15, 0.2) is 18.2 Å². The number of ether oxygens (including phenoxy) is 1. The van der Waals surface area contributed by atoms with Crippen molar-refractivity contribution in [2.45, 2.75) is 13.3 Å². The summed E-state index contributed by atoms with van der Waals surface area (Å²) in [7, 11) is 1.50. The van der Waals surface area contributed by atoms with Crippen molar-refractivity contribution < 1.29 is 19.7 Å². The van der Waals surface area contributed by atoms with Gasteiger partial charge in [0.15, 0.2) is 5.75 Å². The molecule has 0 fully saturated rings. The highest BCUT2D eigenvalue weighted by atomic mass is 16.5. The molecule has 0 spiro atoms. The van der Waals surface area contributed by atoms with Gasteiger partial charge in [0.2, 0.25) is 0 Å². The Morgan fingerprint density at radius 2 is 2.17 bits per heavy atom. The maximum atomic E-state index is 11.3. The average Bonchev–Trinajstić information content (AvgIpc) is 2.36. The van der Waals surface area contributed by atoms with Crippen LogP contribution in [0.1, 0.15) is 23.0 Å². The summed E-state index contributed by atoms with van der Waals surface area (Å²) in [6.45, 7) is 1.81. The number of carbonyl (C=O) groups is 1. The van der Waals surface area contributed by atoms with E-state index >= 15 is 0 Å². The molecular formula is C13H13NO4. The van der Waals surface area contributed by atoms with Gasteiger partial charge in [0.05, 0.1) is 18.3 Å². The van der Waals surface area contributed by atoms with Crippen LogP contribution in [0.5, 0.6) is 11.5 Å². The number of carboxylic acid groups (broad SMARTS) is 1. The molecule has 0 unspecified atom stereocenters. The Balaban J connectivity index is 2.87. The highest BCUT2D eigenvalue weighted by Gasteiger charge is 2.19. The first-order valence-electron chi connectivity index (χ1n) is 5.51. The summed E-state index contributed by atoms with van der Waals surface area (Å²) in [5, 5.41) is 19.5. The minimum atomic E-state index is -1.18. The molecule has 0 amide bonds. The minimum Gasteiger partial charge on any atom is -0.505 e. The number of benzene rings is 1. The Bertz CT molecular complexity index is 622. The van der Waals surface area contributed by atoms with Gasteiger partial charge in [0.1, 0.15) is 11.3 Å². The molecule has 0 radical (unpaired) electrons. The first-order valence-corrected chi connectivity index (χ1v) is 5.51. The Kier molecular flexibility index (Phi) is 3.06. The summed E-state index contributed by atoms with van der Waals surface area (Å²) in [5.74, 6) is -0.927. The van der Waals surface area contributed by atoms with Crippen molar-refractivity contribution in [3.05, 3.63) is 29.5 Å². The number of rotatable bonds is 3. The third-order valence-electron chi connectivity index (χ3n) is 2.79. The molecule has 0 aliphatic heterocycles. The van der Waals surface area contributed by atoms with Gasteiger partial charge in [0.25, 0.3) is 0 Å². The first kappa shape index (κ1) is 12.2. The molecule has 0 aliphatic rings. The van der Waals surface area contributed by atoms with Crippen LogP contribution in [0.3, 0.4) is 0 Å². The lowest BCUT2D eigenvalue weighted by molar-refractivity contribution is 0.0695. The fourth-order valence-corrected chi connectivity index (χ4v) is 1.87. The predicted molar refractivity (Wildman–Crippen MR) is 66.3 cm³/mol. The SMILES string of the molecule is CCc1nc2ccc(OC)cc2c(C(=O)O)c1O. The summed E-state index contributed by atoms with van der Waals surface area (Å²) >= 11 is 0. The largest absolute Gasteiger partial charge is 0.505 e. The molecule has 1 aromatic heterocycles. The van der Waals surface area contributed by atoms with Crippen molar-refractivity contribution >= 4 is 16.9 Å². The maximum absolute atomic E-state index is 11.3. The van der Waals surface area contributed by atoms with Gasteiger partial charge in [-0.2, -0.15) is 0 Å². The lowest BCUT2D eigenvalue weighted by Gasteiger charge is -2.10. The number of carboxylic acids is 1. The number of hydrogen-bond donors (Lipinski definition) is 2. The van der Waals surface area contributed by atoms with Gasteiger partial charge in [-0.05, 0) is 24.6 Å². The van der Waals surface area contributed by atoms with Gasteiger partial charge in [-0.1, -0.05) is 6.92 Å². The first-order chi connectivity index (χ1) is 8.58. The van der Waals surface area contributed by atoms with Crippen molar-refractivity contribution in [1.29, 1.82) is 0 Å². The van der Waals surface area contributed by atoms with Crippen LogP contribution in [-0.4, -0.2) is 28.3 Å². The summed E-state index contributed by atoms with van der Waals surface area (Å²) in [6, 6.07) is 4.95. The third-order valence-corrected chi connectivity index (χ3v) is 2.79. The van der Waals surface area contributed by atoms with E-state index in [1.54, 1.807) is 18.2 Å². The standard InChI is InChI=1S/C13H13NO4/c1-3-9-12(15)11(13(16)17)8-6-7(18-2)4-5-10(8)14-9/h4-6,15H,3H2,1-2H3,(H,16,17). The molecule has 0 aliphatic carbocycles. The van der Waals surface area contributed by atoms with E-state index in [1.807, 2.05) is 6.92 Å². The van der Waals surface area contributed by atoms with E-state index in [-0.39, 0.29) is 11.3 Å². The molecule has 2 rings (SSSR count). The number of aromatic carboxylic acids is 1. The Labute approximate surface area is 104 Å². The highest BCUT2D eigenvalue weighted by molar-refractivity contribution is 6.05. The third kappa shape index (κ3) is 1.84. The number of nitrogens with zero attached hydrogens (tertiary/aromatic N) is 1. The summed E-state index contributed by atoms with van der Waals surface area (Å²) < 4.78 is 5.05. The Morgan fingerprint density at radius 1 is 1.44 bits per heavy atom. The smallest absolute Gasteiger partial charge is 0.340 e. The van der Waals surface area contributed by atoms with Crippen molar-refractivity contribution in [3.8, 4) is 11.5 Å². The number of hydrogen-bond acceptors (Lipinski definition) is 4. The van der Waals surface area contributed by atoms with Gasteiger partial charge in [-0.25, -0.2) is 9.78 Å². The van der Waals surface area contributed by atoms with Gasteiger partial charge >= 0.3 is 5.97 Å². The molecular weight excluding hydrogens is 234 g/mol. The molecule has 0 atom stereocenters. The van der Waals surface area contributed by atoms with Crippen LogP contribution in [0.2, 0.25) is 0 Å². The highest BCUT2D eigenvalue weighted by Crippen LogP contribution is 2.31. The van der Waals surface area contributed by atoms with Crippen molar-refractivity contribution in [2.75, 3.05) is 7.11 Å². The van der Waals surface area contributed by atoms with E-state index in [0.717, 1.165) is 0 Å². The molecule has 0 saturated heterocycles. The zero-order valence-corrected chi connectivity index (χ0v) is 10.1. The summed E-state index contributed by atoms with van der Waals surface area (Å²) in [5.41, 5.74) is 0.781. The van der Waals surface area contributed by atoms with Crippen LogP contribution < -0.4 is 4.74 Å². The molecule has 94 valence electrons. The molecule has 5 nitrogen and oxygen atoms in total. The van der Waals surface area contributed by atoms with Crippen LogP contribution in [0, 0.1) is 0 Å². The van der Waals surface area contributed by atoms with E-state index in [2.05, 4.69) is 4.98 Å². The van der Waals surface area contributed by atoms with Gasteiger partial charge < -0.3 is 14.9 Å². The summed E-state index contributed by atoms with van der Waals surface area (Å²) in [4.78, 5) is 15.5. The quantitative estimate of drug-likeness (QED) is 0.869. The number of aromatic hydroxyl groups is 1. The zero-order chi connectivity index (χ0) is 13.3. The second kappa shape index (κ2) is 4.52. The number of methoxy groups -OCH3 is 1. The Hall–Kier alpha value is -2.30. The van der Waals surface area contributed by atoms with Crippen LogP contribution in [0.4, 0.5) is 0 Å². The van der Waals surface area contributed by atoms with E-state index < -0.39 is 5.97 Å². The molecule has 0 saturated carbocycles. The van der Waals surface area contributed by atoms with Crippen LogP contribution in [-0.2, 0) is 6.42 Å². The maximum Gasteiger partial charge on any atom is 0.340 e. The number of aryl methyl sites for hydroxylation is 1. The molecule has 5 heteroatoms. The van der Waals surface area contributed by atoms with Gasteiger partial charge in [0, 0.05) is 5.39 Å². The lowest BCUT2D eigenvalue weighted by atomic mass is 10.0. The van der Waals surface area contributed by atoms with Crippen molar-refractivity contribution in [2.24, 2.45) is 0 Å². The second-order valence-electron chi connectivity index (χ2n) is 3.82. The number of fused-ring (bicyclic) bond motifs is 1. The van der Waals surface area contributed by atoms with Crippen molar-refractivity contribution in [1.82, 2.24) is 4.98 Å². The molecule has 0 bridgehead atoms. The predicted octanol–water partition coefficient (Wildman–Crippen LogP) is 2.21. The average molecular weight is 247 g/mol. The van der Waals surface area contributed by atoms with E-state index in [0.29, 0.717) is 28.8 Å². The second-order valence-corrected chi connectivity index (χ2v) is 3.82. The normalized spacial score (nSPS) is 10.6. The fourth-order valence-electron chi connectivity index (χ4n) is 1.87. The summed E-state index contributed by atoms with van der Waals surface area (Å²) in [6.07, 6.45) is 0.466.